The van der Waals surface area contributed by atoms with E-state index in [1.165, 1.54) is 6.42 Å². The number of piperidine rings is 1. The highest BCUT2D eigenvalue weighted by molar-refractivity contribution is 5.37. The van der Waals surface area contributed by atoms with E-state index in [0.717, 1.165) is 37.1 Å². The molecule has 1 aliphatic rings. The van der Waals surface area contributed by atoms with Crippen LogP contribution in [-0.2, 0) is 5.60 Å². The molecule has 1 aliphatic heterocycles. The Morgan fingerprint density at radius 3 is 1.62 bits per heavy atom. The first kappa shape index (κ1) is 20.4. The van der Waals surface area contributed by atoms with Gasteiger partial charge in [0.25, 0.3) is 0 Å². The van der Waals surface area contributed by atoms with Gasteiger partial charge in [-0.2, -0.15) is 0 Å². The summed E-state index contributed by atoms with van der Waals surface area (Å²) < 4.78 is 0. The third-order valence-corrected chi connectivity index (χ3v) is 4.36. The Bertz CT molecular complexity index is 511. The van der Waals surface area contributed by atoms with E-state index in [0.29, 0.717) is 0 Å². The van der Waals surface area contributed by atoms with Crippen LogP contribution in [0.4, 0.5) is 0 Å². The molecule has 1 heterocycles. The smallest absolute Gasteiger partial charge is 0.117 e. The van der Waals surface area contributed by atoms with Crippen LogP contribution in [0, 0.1) is 5.92 Å². The summed E-state index contributed by atoms with van der Waals surface area (Å²) in [6.45, 7) is 6.21. The average molecular weight is 329 g/mol. The summed E-state index contributed by atoms with van der Waals surface area (Å²) in [6, 6.07) is 20.2. The second-order valence-electron chi connectivity index (χ2n) is 6.23. The highest BCUT2D eigenvalue weighted by Gasteiger charge is 2.40. The van der Waals surface area contributed by atoms with E-state index in [4.69, 9.17) is 0 Å². The molecule has 0 aromatic heterocycles. The molecule has 1 saturated heterocycles. The lowest BCUT2D eigenvalue weighted by molar-refractivity contribution is 0.00236. The topological polar surface area (TPSA) is 67.3 Å². The molecule has 0 bridgehead atoms. The van der Waals surface area contributed by atoms with Gasteiger partial charge in [-0.05, 0) is 43.0 Å². The van der Waals surface area contributed by atoms with Crippen molar-refractivity contribution in [1.82, 2.24) is 11.5 Å². The zero-order valence-electron chi connectivity index (χ0n) is 15.0. The first-order chi connectivity index (χ1) is 11.2. The number of hydrogen-bond acceptors (Lipinski definition) is 3. The minimum Gasteiger partial charge on any atom is -0.380 e. The first-order valence-electron chi connectivity index (χ1n) is 8.77. The molecule has 0 amide bonds. The van der Waals surface area contributed by atoms with Crippen LogP contribution in [-0.4, -0.2) is 18.2 Å². The molecule has 132 valence electrons. The maximum Gasteiger partial charge on any atom is 0.117 e. The average Bonchev–Trinajstić information content (AvgIpc) is 2.64. The summed E-state index contributed by atoms with van der Waals surface area (Å²) in [7, 11) is 0. The number of nitrogens with one attached hydrogen (secondary N) is 1. The fourth-order valence-corrected chi connectivity index (χ4v) is 3.26. The predicted molar refractivity (Wildman–Crippen MR) is 102 cm³/mol. The van der Waals surface area contributed by atoms with Crippen molar-refractivity contribution in [1.29, 1.82) is 0 Å². The fraction of sp³-hybridized carbons (Fsp3) is 0.429. The van der Waals surface area contributed by atoms with E-state index in [2.05, 4.69) is 19.2 Å². The van der Waals surface area contributed by atoms with Crippen LogP contribution in [0.25, 0.3) is 0 Å². The van der Waals surface area contributed by atoms with Crippen LogP contribution in [0.3, 0.4) is 0 Å². The minimum absolute atomic E-state index is 0. The van der Waals surface area contributed by atoms with Crippen molar-refractivity contribution in [2.45, 2.75) is 38.7 Å². The SMILES string of the molecule is CCC.N.OC(c1ccccc1)(c1ccccc1)C1CCNCC1. The highest BCUT2D eigenvalue weighted by atomic mass is 16.3. The second kappa shape index (κ2) is 10.2. The van der Waals surface area contributed by atoms with Crippen molar-refractivity contribution in [3.63, 3.8) is 0 Å². The Morgan fingerprint density at radius 2 is 1.25 bits per heavy atom. The Hall–Kier alpha value is -1.68. The molecule has 1 fully saturated rings. The quantitative estimate of drug-likeness (QED) is 0.777. The third kappa shape index (κ3) is 4.67. The van der Waals surface area contributed by atoms with Crippen molar-refractivity contribution >= 4 is 0 Å². The van der Waals surface area contributed by atoms with Gasteiger partial charge in [0.15, 0.2) is 0 Å². The zero-order valence-corrected chi connectivity index (χ0v) is 15.0. The van der Waals surface area contributed by atoms with E-state index < -0.39 is 5.60 Å². The predicted octanol–water partition coefficient (Wildman–Crippen LogP) is 4.50. The first-order valence-corrected chi connectivity index (χ1v) is 8.77. The van der Waals surface area contributed by atoms with Gasteiger partial charge in [0, 0.05) is 0 Å². The standard InChI is InChI=1S/C18H21NO.C3H8.H3N/c20-18(15-7-3-1-4-8-15,16-9-5-2-6-10-16)17-11-13-19-14-12-17;1-3-2;/h1-10,17,19-20H,11-14H2;3H2,1-2H3;1H3. The van der Waals surface area contributed by atoms with Gasteiger partial charge in [-0.1, -0.05) is 80.9 Å². The molecule has 0 saturated carbocycles. The van der Waals surface area contributed by atoms with Gasteiger partial charge in [-0.25, -0.2) is 0 Å². The Kier molecular flexibility index (Phi) is 8.69. The largest absolute Gasteiger partial charge is 0.380 e. The molecule has 0 atom stereocenters. The number of rotatable bonds is 3. The van der Waals surface area contributed by atoms with Crippen LogP contribution in [0.15, 0.2) is 60.7 Å². The van der Waals surface area contributed by atoms with Crippen LogP contribution in [0.1, 0.15) is 44.2 Å². The molecule has 2 aromatic rings. The Labute approximate surface area is 146 Å². The molecular formula is C21H32N2O. The summed E-state index contributed by atoms with van der Waals surface area (Å²) in [6.07, 6.45) is 3.25. The van der Waals surface area contributed by atoms with Crippen molar-refractivity contribution < 1.29 is 5.11 Å². The van der Waals surface area contributed by atoms with E-state index >= 15 is 0 Å². The van der Waals surface area contributed by atoms with Crippen molar-refractivity contribution in [2.24, 2.45) is 5.92 Å². The van der Waals surface area contributed by atoms with Crippen LogP contribution >= 0.6 is 0 Å². The van der Waals surface area contributed by atoms with E-state index in [-0.39, 0.29) is 12.1 Å². The van der Waals surface area contributed by atoms with Crippen LogP contribution in [0.2, 0.25) is 0 Å². The molecule has 3 nitrogen and oxygen atoms in total. The maximum absolute atomic E-state index is 11.6. The number of hydrogen-bond donors (Lipinski definition) is 3. The molecule has 0 unspecified atom stereocenters. The van der Waals surface area contributed by atoms with Crippen LogP contribution < -0.4 is 11.5 Å². The molecule has 0 spiro atoms. The molecule has 2 aromatic carbocycles. The molecule has 0 aliphatic carbocycles. The molecular weight excluding hydrogens is 296 g/mol. The van der Waals surface area contributed by atoms with Gasteiger partial charge in [0.2, 0.25) is 0 Å². The Balaban J connectivity index is 0.000000671. The van der Waals surface area contributed by atoms with Gasteiger partial charge in [-0.3, -0.25) is 0 Å². The zero-order chi connectivity index (χ0) is 16.5. The van der Waals surface area contributed by atoms with Crippen LogP contribution in [0.5, 0.6) is 0 Å². The molecule has 3 heteroatoms. The van der Waals surface area contributed by atoms with Gasteiger partial charge < -0.3 is 16.6 Å². The number of aliphatic hydroxyl groups is 1. The molecule has 3 rings (SSSR count). The number of benzene rings is 2. The van der Waals surface area contributed by atoms with E-state index in [1.54, 1.807) is 0 Å². The van der Waals surface area contributed by atoms with Crippen molar-refractivity contribution in [3.05, 3.63) is 71.8 Å². The molecule has 5 N–H and O–H groups in total. The van der Waals surface area contributed by atoms with E-state index in [9.17, 15) is 5.11 Å². The summed E-state index contributed by atoms with van der Waals surface area (Å²) in [5.74, 6) is 0.258. The maximum atomic E-state index is 11.6. The fourth-order valence-electron chi connectivity index (χ4n) is 3.26. The highest BCUT2D eigenvalue weighted by Crippen LogP contribution is 2.40. The van der Waals surface area contributed by atoms with Gasteiger partial charge >= 0.3 is 0 Å². The monoisotopic (exact) mass is 328 g/mol. The molecule has 0 radical (unpaired) electrons. The van der Waals surface area contributed by atoms with Gasteiger partial charge in [0.05, 0.1) is 0 Å². The third-order valence-electron chi connectivity index (χ3n) is 4.36. The minimum atomic E-state index is -0.884. The normalized spacial score (nSPS) is 15.0. The van der Waals surface area contributed by atoms with Gasteiger partial charge in [0.1, 0.15) is 5.60 Å². The summed E-state index contributed by atoms with van der Waals surface area (Å²) >= 11 is 0. The second-order valence-corrected chi connectivity index (χ2v) is 6.23. The summed E-state index contributed by atoms with van der Waals surface area (Å²) in [5, 5.41) is 14.9. The summed E-state index contributed by atoms with van der Waals surface area (Å²) in [4.78, 5) is 0. The lowest BCUT2D eigenvalue weighted by Gasteiger charge is -2.39. The lowest BCUT2D eigenvalue weighted by Crippen LogP contribution is -2.42. The van der Waals surface area contributed by atoms with Gasteiger partial charge in [-0.15, -0.1) is 0 Å². The summed E-state index contributed by atoms with van der Waals surface area (Å²) in [5.41, 5.74) is 1.11. The Morgan fingerprint density at radius 1 is 0.875 bits per heavy atom. The lowest BCUT2D eigenvalue weighted by atomic mass is 9.72. The van der Waals surface area contributed by atoms with E-state index in [1.807, 2.05) is 60.7 Å². The van der Waals surface area contributed by atoms with Crippen molar-refractivity contribution in [2.75, 3.05) is 13.1 Å². The molecule has 24 heavy (non-hydrogen) atoms. The van der Waals surface area contributed by atoms with Crippen molar-refractivity contribution in [3.8, 4) is 0 Å².